The highest BCUT2D eigenvalue weighted by molar-refractivity contribution is 5.47. The third-order valence-electron chi connectivity index (χ3n) is 2.08. The first-order valence-electron chi connectivity index (χ1n) is 4.84. The third-order valence-corrected chi connectivity index (χ3v) is 2.08. The van der Waals surface area contributed by atoms with Gasteiger partial charge in [-0.3, -0.25) is 4.98 Å². The number of rotatable bonds is 4. The Balaban J connectivity index is 2.41. The molecule has 13 heavy (non-hydrogen) atoms. The Kier molecular flexibility index (Phi) is 3.74. The molecule has 0 saturated carbocycles. The molecular formula is C11H18N2. The van der Waals surface area contributed by atoms with Crippen LogP contribution in [0.1, 0.15) is 25.8 Å². The highest BCUT2D eigenvalue weighted by Gasteiger charge is 1.97. The van der Waals surface area contributed by atoms with Crippen LogP contribution in [0, 0.1) is 12.8 Å². The van der Waals surface area contributed by atoms with Crippen LogP contribution in [0.15, 0.2) is 18.5 Å². The van der Waals surface area contributed by atoms with Crippen LogP contribution in [0.3, 0.4) is 0 Å². The van der Waals surface area contributed by atoms with Gasteiger partial charge in [-0.05, 0) is 30.9 Å². The summed E-state index contributed by atoms with van der Waals surface area (Å²) in [6.45, 7) is 7.60. The fraction of sp³-hybridized carbons (Fsp3) is 0.545. The lowest BCUT2D eigenvalue weighted by Crippen LogP contribution is -2.05. The minimum absolute atomic E-state index is 0.754. The predicted molar refractivity (Wildman–Crippen MR) is 56.9 cm³/mol. The molecule has 0 aliphatic rings. The summed E-state index contributed by atoms with van der Waals surface area (Å²) in [4.78, 5) is 4.08. The van der Waals surface area contributed by atoms with Crippen LogP contribution in [0.4, 0.5) is 5.69 Å². The molecule has 2 nitrogen and oxygen atoms in total. The fourth-order valence-corrected chi connectivity index (χ4v) is 1.14. The van der Waals surface area contributed by atoms with Crippen LogP contribution in [-0.2, 0) is 0 Å². The maximum Gasteiger partial charge on any atom is 0.0556 e. The lowest BCUT2D eigenvalue weighted by atomic mass is 10.1. The van der Waals surface area contributed by atoms with Crippen molar-refractivity contribution in [3.63, 3.8) is 0 Å². The molecule has 0 unspecified atom stereocenters. The van der Waals surface area contributed by atoms with E-state index in [1.807, 2.05) is 18.5 Å². The van der Waals surface area contributed by atoms with Crippen molar-refractivity contribution < 1.29 is 0 Å². The third kappa shape index (κ3) is 3.45. The molecule has 72 valence electrons. The molecule has 1 rings (SSSR count). The Morgan fingerprint density at radius 2 is 2.23 bits per heavy atom. The SMILES string of the molecule is Cc1ccncc1NCCC(C)C. The first-order valence-corrected chi connectivity index (χ1v) is 4.84. The number of pyridine rings is 1. The Bertz CT molecular complexity index is 256. The molecule has 1 heterocycles. The molecule has 1 N–H and O–H groups in total. The summed E-state index contributed by atoms with van der Waals surface area (Å²) in [5.41, 5.74) is 2.42. The van der Waals surface area contributed by atoms with E-state index in [2.05, 4.69) is 31.1 Å². The molecule has 0 atom stereocenters. The minimum Gasteiger partial charge on any atom is -0.384 e. The second kappa shape index (κ2) is 4.85. The van der Waals surface area contributed by atoms with Crippen molar-refractivity contribution in [2.45, 2.75) is 27.2 Å². The first kappa shape index (κ1) is 10.0. The second-order valence-corrected chi connectivity index (χ2v) is 3.80. The Morgan fingerprint density at radius 3 is 2.85 bits per heavy atom. The summed E-state index contributed by atoms with van der Waals surface area (Å²) in [6, 6.07) is 2.03. The normalized spacial score (nSPS) is 10.5. The maximum absolute atomic E-state index is 4.08. The van der Waals surface area contributed by atoms with Crippen molar-refractivity contribution in [2.24, 2.45) is 5.92 Å². The van der Waals surface area contributed by atoms with Crippen molar-refractivity contribution in [3.8, 4) is 0 Å². The van der Waals surface area contributed by atoms with Gasteiger partial charge >= 0.3 is 0 Å². The van der Waals surface area contributed by atoms with Gasteiger partial charge in [0.05, 0.1) is 11.9 Å². The molecule has 0 spiro atoms. The van der Waals surface area contributed by atoms with E-state index in [1.165, 1.54) is 12.0 Å². The van der Waals surface area contributed by atoms with E-state index in [9.17, 15) is 0 Å². The fourth-order valence-electron chi connectivity index (χ4n) is 1.14. The van der Waals surface area contributed by atoms with Crippen LogP contribution in [0.2, 0.25) is 0 Å². The Hall–Kier alpha value is -1.05. The van der Waals surface area contributed by atoms with E-state index in [0.29, 0.717) is 0 Å². The van der Waals surface area contributed by atoms with E-state index in [-0.39, 0.29) is 0 Å². The molecule has 0 saturated heterocycles. The van der Waals surface area contributed by atoms with Gasteiger partial charge in [0.2, 0.25) is 0 Å². The van der Waals surface area contributed by atoms with Gasteiger partial charge in [-0.1, -0.05) is 13.8 Å². The van der Waals surface area contributed by atoms with Crippen molar-refractivity contribution in [1.82, 2.24) is 4.98 Å². The average Bonchev–Trinajstić information content (AvgIpc) is 2.08. The van der Waals surface area contributed by atoms with E-state index in [1.54, 1.807) is 0 Å². The Morgan fingerprint density at radius 1 is 1.46 bits per heavy atom. The lowest BCUT2D eigenvalue weighted by Gasteiger charge is -2.09. The van der Waals surface area contributed by atoms with E-state index >= 15 is 0 Å². The summed E-state index contributed by atoms with van der Waals surface area (Å²) >= 11 is 0. The van der Waals surface area contributed by atoms with Crippen molar-refractivity contribution in [1.29, 1.82) is 0 Å². The summed E-state index contributed by atoms with van der Waals surface area (Å²) in [5, 5.41) is 3.38. The number of nitrogens with zero attached hydrogens (tertiary/aromatic N) is 1. The molecule has 1 aromatic heterocycles. The van der Waals surface area contributed by atoms with Gasteiger partial charge in [-0.15, -0.1) is 0 Å². The van der Waals surface area contributed by atoms with Crippen molar-refractivity contribution >= 4 is 5.69 Å². The lowest BCUT2D eigenvalue weighted by molar-refractivity contribution is 0.607. The van der Waals surface area contributed by atoms with Crippen LogP contribution in [-0.4, -0.2) is 11.5 Å². The summed E-state index contributed by atoms with van der Waals surface area (Å²) in [5.74, 6) is 0.754. The number of nitrogens with one attached hydrogen (secondary N) is 1. The van der Waals surface area contributed by atoms with Gasteiger partial charge in [-0.25, -0.2) is 0 Å². The molecule has 0 aromatic carbocycles. The van der Waals surface area contributed by atoms with Gasteiger partial charge in [0.25, 0.3) is 0 Å². The standard InChI is InChI=1S/C11H18N2/c1-9(2)4-7-13-11-8-12-6-5-10(11)3/h5-6,8-9,13H,4,7H2,1-3H3. The zero-order chi connectivity index (χ0) is 9.68. The zero-order valence-corrected chi connectivity index (χ0v) is 8.67. The first-order chi connectivity index (χ1) is 6.20. The highest BCUT2D eigenvalue weighted by atomic mass is 14.9. The zero-order valence-electron chi connectivity index (χ0n) is 8.67. The minimum atomic E-state index is 0.754. The summed E-state index contributed by atoms with van der Waals surface area (Å²) < 4.78 is 0. The maximum atomic E-state index is 4.08. The topological polar surface area (TPSA) is 24.9 Å². The largest absolute Gasteiger partial charge is 0.384 e. The molecule has 0 bridgehead atoms. The summed E-state index contributed by atoms with van der Waals surface area (Å²) in [6.07, 6.45) is 4.91. The number of aromatic nitrogens is 1. The van der Waals surface area contributed by atoms with Crippen LogP contribution in [0.5, 0.6) is 0 Å². The van der Waals surface area contributed by atoms with E-state index in [4.69, 9.17) is 0 Å². The number of anilines is 1. The average molecular weight is 178 g/mol. The molecule has 0 radical (unpaired) electrons. The van der Waals surface area contributed by atoms with Gasteiger partial charge in [-0.2, -0.15) is 0 Å². The highest BCUT2D eigenvalue weighted by Crippen LogP contribution is 2.11. The van der Waals surface area contributed by atoms with Gasteiger partial charge in [0.15, 0.2) is 0 Å². The molecule has 0 aliphatic heterocycles. The van der Waals surface area contributed by atoms with E-state index < -0.39 is 0 Å². The smallest absolute Gasteiger partial charge is 0.0556 e. The molecule has 0 amide bonds. The molecule has 0 fully saturated rings. The van der Waals surface area contributed by atoms with Gasteiger partial charge in [0, 0.05) is 12.7 Å². The second-order valence-electron chi connectivity index (χ2n) is 3.80. The predicted octanol–water partition coefficient (Wildman–Crippen LogP) is 2.85. The van der Waals surface area contributed by atoms with Crippen LogP contribution < -0.4 is 5.32 Å². The quantitative estimate of drug-likeness (QED) is 0.766. The molecule has 1 aromatic rings. The van der Waals surface area contributed by atoms with Crippen LogP contribution >= 0.6 is 0 Å². The van der Waals surface area contributed by atoms with Crippen molar-refractivity contribution in [3.05, 3.63) is 24.0 Å². The number of hydrogen-bond acceptors (Lipinski definition) is 2. The molecule has 2 heteroatoms. The van der Waals surface area contributed by atoms with Crippen LogP contribution in [0.25, 0.3) is 0 Å². The number of aryl methyl sites for hydroxylation is 1. The molecular weight excluding hydrogens is 160 g/mol. The van der Waals surface area contributed by atoms with Crippen molar-refractivity contribution in [2.75, 3.05) is 11.9 Å². The van der Waals surface area contributed by atoms with E-state index in [0.717, 1.165) is 18.2 Å². The molecule has 0 aliphatic carbocycles. The van der Waals surface area contributed by atoms with Gasteiger partial charge in [0.1, 0.15) is 0 Å². The van der Waals surface area contributed by atoms with Gasteiger partial charge < -0.3 is 5.32 Å². The summed E-state index contributed by atoms with van der Waals surface area (Å²) in [7, 11) is 0. The monoisotopic (exact) mass is 178 g/mol. The number of hydrogen-bond donors (Lipinski definition) is 1. The Labute approximate surface area is 80.4 Å².